The Bertz CT molecular complexity index is 1360. The predicted octanol–water partition coefficient (Wildman–Crippen LogP) is 5.89. The van der Waals surface area contributed by atoms with Crippen LogP contribution in [-0.4, -0.2) is 20.9 Å². The molecule has 0 radical (unpaired) electrons. The molecule has 1 aliphatic rings. The monoisotopic (exact) mass is 512 g/mol. The molecule has 3 aromatic carbocycles. The minimum absolute atomic E-state index is 0.0908. The second kappa shape index (κ2) is 8.92. The summed E-state index contributed by atoms with van der Waals surface area (Å²) in [5, 5.41) is 2.32. The van der Waals surface area contributed by atoms with Crippen LogP contribution >= 0.6 is 11.6 Å². The minimum atomic E-state index is -4.65. The van der Waals surface area contributed by atoms with Crippen LogP contribution in [0.2, 0.25) is 5.02 Å². The van der Waals surface area contributed by atoms with Crippen LogP contribution in [0.4, 0.5) is 28.9 Å². The van der Waals surface area contributed by atoms with Gasteiger partial charge >= 0.3 is 6.18 Å². The van der Waals surface area contributed by atoms with Gasteiger partial charge in [-0.1, -0.05) is 17.7 Å². The summed E-state index contributed by atoms with van der Waals surface area (Å²) in [5.41, 5.74) is -0.178. The Kier molecular flexibility index (Phi) is 6.30. The van der Waals surface area contributed by atoms with E-state index in [4.69, 9.17) is 11.6 Å². The van der Waals surface area contributed by atoms with Crippen LogP contribution in [0.3, 0.4) is 0 Å². The number of amides is 1. The molecule has 0 saturated carbocycles. The van der Waals surface area contributed by atoms with Gasteiger partial charge in [-0.3, -0.25) is 9.10 Å². The summed E-state index contributed by atoms with van der Waals surface area (Å²) in [5.74, 6) is -1.45. The van der Waals surface area contributed by atoms with Crippen LogP contribution in [0.5, 0.6) is 0 Å². The lowest BCUT2D eigenvalue weighted by Gasteiger charge is -2.31. The molecule has 0 spiro atoms. The first kappa shape index (κ1) is 24.0. The maximum atomic E-state index is 13.3. The predicted molar refractivity (Wildman–Crippen MR) is 120 cm³/mol. The number of fused-ring (bicyclic) bond motifs is 1. The lowest BCUT2D eigenvalue weighted by molar-refractivity contribution is -0.137. The summed E-state index contributed by atoms with van der Waals surface area (Å²) in [6.45, 7) is 0.170. The molecule has 0 unspecified atom stereocenters. The largest absolute Gasteiger partial charge is 0.416 e. The first-order chi connectivity index (χ1) is 16.0. The highest BCUT2D eigenvalue weighted by molar-refractivity contribution is 7.92. The summed E-state index contributed by atoms with van der Waals surface area (Å²) in [4.78, 5) is 12.6. The fourth-order valence-electron chi connectivity index (χ4n) is 3.68. The van der Waals surface area contributed by atoms with E-state index in [-0.39, 0.29) is 27.7 Å². The zero-order valence-electron chi connectivity index (χ0n) is 17.4. The van der Waals surface area contributed by atoms with E-state index in [9.17, 15) is 30.8 Å². The number of halogens is 5. The normalized spacial score (nSPS) is 14.0. The van der Waals surface area contributed by atoms with Crippen molar-refractivity contribution in [2.24, 2.45) is 0 Å². The van der Waals surface area contributed by atoms with Crippen molar-refractivity contribution in [3.63, 3.8) is 0 Å². The van der Waals surface area contributed by atoms with Gasteiger partial charge in [0, 0.05) is 12.2 Å². The number of sulfonamides is 1. The summed E-state index contributed by atoms with van der Waals surface area (Å²) in [7, 11) is -4.01. The highest BCUT2D eigenvalue weighted by atomic mass is 35.5. The Morgan fingerprint density at radius 1 is 1.00 bits per heavy atom. The second-order valence-electron chi connectivity index (χ2n) is 7.62. The van der Waals surface area contributed by atoms with Crippen molar-refractivity contribution >= 4 is 38.9 Å². The molecule has 0 bridgehead atoms. The summed E-state index contributed by atoms with van der Waals surface area (Å²) in [6, 6.07) is 11.5. The molecule has 4 rings (SSSR count). The average molecular weight is 513 g/mol. The Balaban J connectivity index is 1.66. The third kappa shape index (κ3) is 4.74. The molecule has 178 valence electrons. The number of alkyl halides is 3. The molecule has 0 saturated heterocycles. The van der Waals surface area contributed by atoms with Gasteiger partial charge in [0.15, 0.2) is 0 Å². The first-order valence-corrected chi connectivity index (χ1v) is 11.9. The summed E-state index contributed by atoms with van der Waals surface area (Å²) in [6.07, 6.45) is -3.50. The Labute approximate surface area is 198 Å². The molecule has 1 aliphatic heterocycles. The quantitative estimate of drug-likeness (QED) is 0.443. The standard InChI is InChI=1S/C23H17ClF4N2O3S/c24-20-10-4-15(23(26,27)28)12-19(20)22(31)29-17-7-3-14-2-1-11-30(21(14)13-17)34(32,33)18-8-5-16(25)6-9-18/h3-10,12-13H,1-2,11H2,(H,29,31). The molecule has 0 aliphatic carbocycles. The van der Waals surface area contributed by atoms with Crippen molar-refractivity contribution in [2.45, 2.75) is 23.9 Å². The van der Waals surface area contributed by atoms with Gasteiger partial charge in [-0.25, -0.2) is 12.8 Å². The van der Waals surface area contributed by atoms with Crippen LogP contribution in [0.25, 0.3) is 0 Å². The number of nitrogens with zero attached hydrogens (tertiary/aromatic N) is 1. The van der Waals surface area contributed by atoms with Crippen LogP contribution in [0.15, 0.2) is 65.6 Å². The van der Waals surface area contributed by atoms with Gasteiger partial charge in [0.05, 0.1) is 26.7 Å². The maximum absolute atomic E-state index is 13.3. The molecule has 34 heavy (non-hydrogen) atoms. The van der Waals surface area contributed by atoms with Gasteiger partial charge in [0.2, 0.25) is 0 Å². The Morgan fingerprint density at radius 2 is 1.71 bits per heavy atom. The fourth-order valence-corrected chi connectivity index (χ4v) is 5.41. The van der Waals surface area contributed by atoms with Crippen LogP contribution in [0.1, 0.15) is 27.9 Å². The number of hydrogen-bond acceptors (Lipinski definition) is 3. The average Bonchev–Trinajstić information content (AvgIpc) is 2.78. The van der Waals surface area contributed by atoms with E-state index in [1.165, 1.54) is 28.6 Å². The van der Waals surface area contributed by atoms with Crippen molar-refractivity contribution in [3.8, 4) is 0 Å². The zero-order valence-corrected chi connectivity index (χ0v) is 18.9. The van der Waals surface area contributed by atoms with E-state index in [1.807, 2.05) is 0 Å². The number of carbonyl (C=O) groups is 1. The van der Waals surface area contributed by atoms with Gasteiger partial charge in [-0.05, 0) is 73.0 Å². The van der Waals surface area contributed by atoms with Crippen molar-refractivity contribution in [1.29, 1.82) is 0 Å². The van der Waals surface area contributed by atoms with Gasteiger partial charge in [0.1, 0.15) is 5.82 Å². The molecule has 0 atom stereocenters. The van der Waals surface area contributed by atoms with Crippen LogP contribution in [-0.2, 0) is 22.6 Å². The van der Waals surface area contributed by atoms with Gasteiger partial charge in [0.25, 0.3) is 15.9 Å². The molecular formula is C23H17ClF4N2O3S. The van der Waals surface area contributed by atoms with Crippen LogP contribution in [0, 0.1) is 5.82 Å². The molecule has 0 aromatic heterocycles. The number of nitrogens with one attached hydrogen (secondary N) is 1. The van der Waals surface area contributed by atoms with Crippen LogP contribution < -0.4 is 9.62 Å². The Morgan fingerprint density at radius 3 is 2.38 bits per heavy atom. The molecule has 1 N–H and O–H groups in total. The van der Waals surface area contributed by atoms with Crippen molar-refractivity contribution in [2.75, 3.05) is 16.2 Å². The second-order valence-corrected chi connectivity index (χ2v) is 9.89. The Hall–Kier alpha value is -3.11. The highest BCUT2D eigenvalue weighted by Gasteiger charge is 2.32. The van der Waals surface area contributed by atoms with E-state index in [2.05, 4.69) is 5.32 Å². The van der Waals surface area contributed by atoms with E-state index in [1.54, 1.807) is 6.07 Å². The molecule has 1 amide bonds. The minimum Gasteiger partial charge on any atom is -0.322 e. The molecule has 5 nitrogen and oxygen atoms in total. The maximum Gasteiger partial charge on any atom is 0.416 e. The number of rotatable bonds is 4. The van der Waals surface area contributed by atoms with Gasteiger partial charge in [-0.15, -0.1) is 0 Å². The van der Waals surface area contributed by atoms with E-state index >= 15 is 0 Å². The van der Waals surface area contributed by atoms with Gasteiger partial charge in [-0.2, -0.15) is 13.2 Å². The topological polar surface area (TPSA) is 66.5 Å². The van der Waals surface area contributed by atoms with E-state index < -0.39 is 33.5 Å². The number of aryl methyl sites for hydroxylation is 1. The first-order valence-electron chi connectivity index (χ1n) is 10.1. The van der Waals surface area contributed by atoms with E-state index in [0.29, 0.717) is 30.2 Å². The molecule has 0 fully saturated rings. The smallest absolute Gasteiger partial charge is 0.322 e. The third-order valence-electron chi connectivity index (χ3n) is 5.36. The molecule has 3 aromatic rings. The molecular weight excluding hydrogens is 496 g/mol. The molecule has 11 heteroatoms. The lowest BCUT2D eigenvalue weighted by Crippen LogP contribution is -2.35. The highest BCUT2D eigenvalue weighted by Crippen LogP contribution is 2.35. The van der Waals surface area contributed by atoms with Crippen molar-refractivity contribution in [3.05, 3.63) is 88.2 Å². The lowest BCUT2D eigenvalue weighted by atomic mass is 10.0. The van der Waals surface area contributed by atoms with Crippen molar-refractivity contribution < 1.29 is 30.8 Å². The zero-order chi connectivity index (χ0) is 24.7. The number of anilines is 2. The summed E-state index contributed by atoms with van der Waals surface area (Å²) >= 11 is 5.94. The summed E-state index contributed by atoms with van der Waals surface area (Å²) < 4.78 is 79.9. The van der Waals surface area contributed by atoms with E-state index in [0.717, 1.165) is 24.3 Å². The number of hydrogen-bond donors (Lipinski definition) is 1. The third-order valence-corrected chi connectivity index (χ3v) is 7.52. The molecule has 1 heterocycles. The number of benzene rings is 3. The number of carbonyl (C=O) groups excluding carboxylic acids is 1. The van der Waals surface area contributed by atoms with Crippen molar-refractivity contribution in [1.82, 2.24) is 0 Å². The SMILES string of the molecule is O=C(Nc1ccc2c(c1)N(S(=O)(=O)c1ccc(F)cc1)CCC2)c1cc(C(F)(F)F)ccc1Cl. The van der Waals surface area contributed by atoms with Gasteiger partial charge < -0.3 is 5.32 Å². The fraction of sp³-hybridized carbons (Fsp3) is 0.174.